The van der Waals surface area contributed by atoms with Gasteiger partial charge in [0.15, 0.2) is 0 Å². The van der Waals surface area contributed by atoms with Gasteiger partial charge in [0.25, 0.3) is 0 Å². The number of carbonyl (C=O) groups is 2. The summed E-state index contributed by atoms with van der Waals surface area (Å²) in [5, 5.41) is 11.4. The first-order valence-corrected chi connectivity index (χ1v) is 5.80. The highest BCUT2D eigenvalue weighted by Gasteiger charge is 2.04. The molecule has 0 spiro atoms. The molecule has 0 aromatic heterocycles. The van der Waals surface area contributed by atoms with E-state index in [1.54, 1.807) is 24.3 Å². The number of hydrogen-bond acceptors (Lipinski definition) is 3. The minimum atomic E-state index is -0.894. The van der Waals surface area contributed by atoms with Gasteiger partial charge in [-0.05, 0) is 24.6 Å². The van der Waals surface area contributed by atoms with Gasteiger partial charge in [-0.15, -0.1) is 0 Å². The molecule has 5 nitrogen and oxygen atoms in total. The van der Waals surface area contributed by atoms with Gasteiger partial charge in [-0.1, -0.05) is 12.1 Å². The van der Waals surface area contributed by atoms with Crippen LogP contribution in [-0.4, -0.2) is 30.2 Å². The Labute approximate surface area is 106 Å². The van der Waals surface area contributed by atoms with Crippen molar-refractivity contribution in [2.75, 3.05) is 18.5 Å². The molecule has 2 N–H and O–H groups in total. The molecule has 0 bridgehead atoms. The highest BCUT2D eigenvalue weighted by Crippen LogP contribution is 2.11. The van der Waals surface area contributed by atoms with E-state index in [2.05, 4.69) is 5.32 Å². The predicted octanol–water partition coefficient (Wildman–Crippen LogP) is 1.68. The van der Waals surface area contributed by atoms with E-state index in [1.165, 1.54) is 0 Å². The van der Waals surface area contributed by atoms with E-state index in [0.717, 1.165) is 0 Å². The van der Waals surface area contributed by atoms with Crippen LogP contribution in [0.5, 0.6) is 0 Å². The summed E-state index contributed by atoms with van der Waals surface area (Å²) in [6, 6.07) is 6.82. The van der Waals surface area contributed by atoms with Crippen LogP contribution in [0.4, 0.5) is 5.69 Å². The Morgan fingerprint density at radius 2 is 2.17 bits per heavy atom. The van der Waals surface area contributed by atoms with Gasteiger partial charge in [-0.25, -0.2) is 0 Å². The van der Waals surface area contributed by atoms with Crippen LogP contribution < -0.4 is 5.32 Å². The van der Waals surface area contributed by atoms with E-state index in [0.29, 0.717) is 24.5 Å². The average molecular weight is 251 g/mol. The average Bonchev–Trinajstić information content (AvgIpc) is 2.28. The van der Waals surface area contributed by atoms with Crippen molar-refractivity contribution in [2.24, 2.45) is 0 Å². The lowest BCUT2D eigenvalue weighted by Gasteiger charge is -2.06. The highest BCUT2D eigenvalue weighted by atomic mass is 16.5. The van der Waals surface area contributed by atoms with Crippen molar-refractivity contribution in [1.29, 1.82) is 0 Å². The van der Waals surface area contributed by atoms with E-state index in [4.69, 9.17) is 9.84 Å². The Morgan fingerprint density at radius 1 is 1.39 bits per heavy atom. The number of carboxylic acids is 1. The van der Waals surface area contributed by atoms with Gasteiger partial charge in [-0.2, -0.15) is 0 Å². The largest absolute Gasteiger partial charge is 0.481 e. The zero-order valence-electron chi connectivity index (χ0n) is 10.3. The summed E-state index contributed by atoms with van der Waals surface area (Å²) < 4.78 is 5.08. The number of anilines is 1. The summed E-state index contributed by atoms with van der Waals surface area (Å²) in [5.41, 5.74) is 1.26. The normalized spacial score (nSPS) is 10.1. The SMILES string of the molecule is CCOCCC(=O)Nc1cccc(CC(=O)O)c1. The number of hydrogen-bond donors (Lipinski definition) is 2. The van der Waals surface area contributed by atoms with Crippen LogP contribution >= 0.6 is 0 Å². The second kappa shape index (κ2) is 7.45. The number of carboxylic acid groups (broad SMARTS) is 1. The molecule has 1 aromatic rings. The molecule has 0 saturated heterocycles. The molecule has 0 unspecified atom stereocenters. The van der Waals surface area contributed by atoms with Gasteiger partial charge in [0.05, 0.1) is 19.4 Å². The van der Waals surface area contributed by atoms with Crippen molar-refractivity contribution in [2.45, 2.75) is 19.8 Å². The molecule has 1 rings (SSSR count). The summed E-state index contributed by atoms with van der Waals surface area (Å²) in [5.74, 6) is -1.04. The van der Waals surface area contributed by atoms with Crippen LogP contribution in [0.25, 0.3) is 0 Å². The summed E-state index contributed by atoms with van der Waals surface area (Å²) >= 11 is 0. The Kier molecular flexibility index (Phi) is 5.87. The van der Waals surface area contributed by atoms with Crippen molar-refractivity contribution in [3.8, 4) is 0 Å². The van der Waals surface area contributed by atoms with E-state index >= 15 is 0 Å². The molecular weight excluding hydrogens is 234 g/mol. The second-order valence-corrected chi connectivity index (χ2v) is 3.77. The number of amides is 1. The number of benzene rings is 1. The van der Waals surface area contributed by atoms with Crippen LogP contribution in [0.3, 0.4) is 0 Å². The third-order valence-electron chi connectivity index (χ3n) is 2.24. The topological polar surface area (TPSA) is 75.6 Å². The Hall–Kier alpha value is -1.88. The van der Waals surface area contributed by atoms with Crippen LogP contribution in [-0.2, 0) is 20.7 Å². The number of carbonyl (C=O) groups excluding carboxylic acids is 1. The van der Waals surface area contributed by atoms with Crippen molar-refractivity contribution in [1.82, 2.24) is 0 Å². The molecule has 0 heterocycles. The number of nitrogens with one attached hydrogen (secondary N) is 1. The minimum absolute atomic E-state index is 0.0529. The molecule has 0 radical (unpaired) electrons. The number of aliphatic carboxylic acids is 1. The maximum Gasteiger partial charge on any atom is 0.307 e. The first-order valence-electron chi connectivity index (χ1n) is 5.80. The lowest BCUT2D eigenvalue weighted by Crippen LogP contribution is -2.14. The maximum atomic E-state index is 11.5. The lowest BCUT2D eigenvalue weighted by molar-refractivity contribution is -0.136. The summed E-state index contributed by atoms with van der Waals surface area (Å²) in [6.07, 6.45) is 0.236. The molecule has 0 atom stereocenters. The molecule has 5 heteroatoms. The summed E-state index contributed by atoms with van der Waals surface area (Å²) in [6.45, 7) is 2.84. The van der Waals surface area contributed by atoms with E-state index in [9.17, 15) is 9.59 Å². The zero-order valence-corrected chi connectivity index (χ0v) is 10.3. The maximum absolute atomic E-state index is 11.5. The monoisotopic (exact) mass is 251 g/mol. The fourth-order valence-electron chi connectivity index (χ4n) is 1.47. The zero-order chi connectivity index (χ0) is 13.4. The smallest absolute Gasteiger partial charge is 0.307 e. The second-order valence-electron chi connectivity index (χ2n) is 3.77. The van der Waals surface area contributed by atoms with Crippen LogP contribution in [0.2, 0.25) is 0 Å². The molecule has 0 aliphatic carbocycles. The Bertz CT molecular complexity index is 417. The standard InChI is InChI=1S/C13H17NO4/c1-2-18-7-6-12(15)14-11-5-3-4-10(8-11)9-13(16)17/h3-5,8H,2,6-7,9H2,1H3,(H,14,15)(H,16,17). The molecule has 1 amide bonds. The number of rotatable bonds is 7. The predicted molar refractivity (Wildman–Crippen MR) is 67.5 cm³/mol. The van der Waals surface area contributed by atoms with Crippen LogP contribution in [0, 0.1) is 0 Å². The fourth-order valence-corrected chi connectivity index (χ4v) is 1.47. The molecule has 98 valence electrons. The molecule has 0 saturated carbocycles. The van der Waals surface area contributed by atoms with Gasteiger partial charge in [-0.3, -0.25) is 9.59 Å². The number of ether oxygens (including phenoxy) is 1. The molecule has 0 aliphatic rings. The molecule has 1 aromatic carbocycles. The molecule has 0 fully saturated rings. The van der Waals surface area contributed by atoms with Gasteiger partial charge in [0, 0.05) is 12.3 Å². The molecule has 0 aliphatic heterocycles. The van der Waals surface area contributed by atoms with E-state index in [1.807, 2.05) is 6.92 Å². The molecular formula is C13H17NO4. The van der Waals surface area contributed by atoms with Gasteiger partial charge < -0.3 is 15.2 Å². The van der Waals surface area contributed by atoms with Gasteiger partial charge in [0.2, 0.25) is 5.91 Å². The third kappa shape index (κ3) is 5.45. The van der Waals surface area contributed by atoms with Gasteiger partial charge >= 0.3 is 5.97 Å². The van der Waals surface area contributed by atoms with E-state index < -0.39 is 5.97 Å². The molecule has 18 heavy (non-hydrogen) atoms. The van der Waals surface area contributed by atoms with E-state index in [-0.39, 0.29) is 18.7 Å². The van der Waals surface area contributed by atoms with Crippen molar-refractivity contribution in [3.63, 3.8) is 0 Å². The first kappa shape index (κ1) is 14.2. The van der Waals surface area contributed by atoms with Crippen LogP contribution in [0.15, 0.2) is 24.3 Å². The third-order valence-corrected chi connectivity index (χ3v) is 2.24. The van der Waals surface area contributed by atoms with Gasteiger partial charge in [0.1, 0.15) is 0 Å². The fraction of sp³-hybridized carbons (Fsp3) is 0.385. The van der Waals surface area contributed by atoms with Crippen LogP contribution in [0.1, 0.15) is 18.9 Å². The lowest BCUT2D eigenvalue weighted by atomic mass is 10.1. The summed E-state index contributed by atoms with van der Waals surface area (Å²) in [7, 11) is 0. The van der Waals surface area contributed by atoms with Crippen molar-refractivity contribution in [3.05, 3.63) is 29.8 Å². The Balaban J connectivity index is 2.51. The summed E-state index contributed by atoms with van der Waals surface area (Å²) in [4.78, 5) is 22.1. The Morgan fingerprint density at radius 3 is 2.83 bits per heavy atom. The van der Waals surface area contributed by atoms with Crippen molar-refractivity contribution < 1.29 is 19.4 Å². The minimum Gasteiger partial charge on any atom is -0.481 e. The quantitative estimate of drug-likeness (QED) is 0.723. The van der Waals surface area contributed by atoms with Crippen molar-refractivity contribution >= 4 is 17.6 Å². The highest BCUT2D eigenvalue weighted by molar-refractivity contribution is 5.90. The first-order chi connectivity index (χ1) is 8.61.